The Morgan fingerprint density at radius 3 is 2.26 bits per heavy atom. The van der Waals surface area contributed by atoms with Crippen molar-refractivity contribution < 1.29 is 19.7 Å². The molecular formula is C37H36N2O4. The second-order valence-electron chi connectivity index (χ2n) is 11.1. The number of ketones is 1. The fourth-order valence-corrected chi connectivity index (χ4v) is 5.91. The Morgan fingerprint density at radius 2 is 1.49 bits per heavy atom. The maximum Gasteiger partial charge on any atom is 0.159 e. The first kappa shape index (κ1) is 28.3. The van der Waals surface area contributed by atoms with Crippen molar-refractivity contribution in [3.8, 4) is 28.4 Å². The van der Waals surface area contributed by atoms with Crippen molar-refractivity contribution in [1.29, 1.82) is 0 Å². The molecule has 0 bridgehead atoms. The molecule has 1 saturated heterocycles. The molecule has 0 aromatic heterocycles. The number of piperazine rings is 1. The Kier molecular flexibility index (Phi) is 8.29. The number of anilines is 1. The molecule has 6 rings (SSSR count). The van der Waals surface area contributed by atoms with Gasteiger partial charge >= 0.3 is 0 Å². The molecule has 0 saturated carbocycles. The van der Waals surface area contributed by atoms with E-state index < -0.39 is 0 Å². The fourth-order valence-electron chi connectivity index (χ4n) is 5.91. The van der Waals surface area contributed by atoms with E-state index in [2.05, 4.69) is 34.1 Å². The summed E-state index contributed by atoms with van der Waals surface area (Å²) in [4.78, 5) is 16.3. The zero-order chi connectivity index (χ0) is 29.8. The van der Waals surface area contributed by atoms with Gasteiger partial charge in [0.15, 0.2) is 5.78 Å². The number of carbonyl (C=O) groups is 1. The van der Waals surface area contributed by atoms with Gasteiger partial charge in [0, 0.05) is 67.6 Å². The van der Waals surface area contributed by atoms with Gasteiger partial charge in [-0.1, -0.05) is 60.7 Å². The van der Waals surface area contributed by atoms with E-state index in [1.165, 1.54) is 0 Å². The molecule has 0 aliphatic carbocycles. The van der Waals surface area contributed by atoms with E-state index >= 15 is 0 Å². The van der Waals surface area contributed by atoms with Crippen molar-refractivity contribution in [3.63, 3.8) is 0 Å². The van der Waals surface area contributed by atoms with Gasteiger partial charge in [-0.05, 0) is 65.2 Å². The molecule has 5 aromatic carbocycles. The van der Waals surface area contributed by atoms with Crippen LogP contribution >= 0.6 is 0 Å². The van der Waals surface area contributed by atoms with Gasteiger partial charge in [0.1, 0.15) is 23.9 Å². The highest BCUT2D eigenvalue weighted by atomic mass is 16.5. The van der Waals surface area contributed by atoms with Crippen molar-refractivity contribution in [2.24, 2.45) is 0 Å². The second-order valence-corrected chi connectivity index (χ2v) is 11.1. The molecule has 6 nitrogen and oxygen atoms in total. The van der Waals surface area contributed by atoms with Crippen LogP contribution in [0.1, 0.15) is 28.4 Å². The van der Waals surface area contributed by atoms with E-state index in [9.17, 15) is 15.0 Å². The van der Waals surface area contributed by atoms with Crippen molar-refractivity contribution in [2.45, 2.75) is 13.3 Å². The van der Waals surface area contributed by atoms with Crippen LogP contribution in [0.2, 0.25) is 0 Å². The quantitative estimate of drug-likeness (QED) is 0.187. The third-order valence-corrected chi connectivity index (χ3v) is 8.33. The van der Waals surface area contributed by atoms with Crippen molar-refractivity contribution in [1.82, 2.24) is 4.90 Å². The maximum atomic E-state index is 11.6. The monoisotopic (exact) mass is 572 g/mol. The van der Waals surface area contributed by atoms with Crippen molar-refractivity contribution in [2.75, 3.05) is 44.2 Å². The lowest BCUT2D eigenvalue weighted by atomic mass is 9.91. The first-order chi connectivity index (χ1) is 21.0. The Hall–Kier alpha value is -4.81. The first-order valence-electron chi connectivity index (χ1n) is 14.8. The number of para-hydroxylation sites is 1. The summed E-state index contributed by atoms with van der Waals surface area (Å²) >= 11 is 0. The fraction of sp³-hybridized carbons (Fsp3) is 0.216. The van der Waals surface area contributed by atoms with Gasteiger partial charge in [-0.3, -0.25) is 9.69 Å². The van der Waals surface area contributed by atoms with Gasteiger partial charge in [0.25, 0.3) is 0 Å². The number of carbonyl (C=O) groups excluding carboxylic acids is 1. The molecule has 1 heterocycles. The Labute approximate surface area is 252 Å². The third kappa shape index (κ3) is 6.35. The van der Waals surface area contributed by atoms with E-state index in [0.29, 0.717) is 24.3 Å². The van der Waals surface area contributed by atoms with E-state index in [1.807, 2.05) is 60.7 Å². The smallest absolute Gasteiger partial charge is 0.159 e. The van der Waals surface area contributed by atoms with Crippen LogP contribution in [0.5, 0.6) is 17.2 Å². The van der Waals surface area contributed by atoms with Gasteiger partial charge in [0.05, 0.1) is 0 Å². The van der Waals surface area contributed by atoms with Crippen LogP contribution in [0, 0.1) is 0 Å². The molecule has 6 heteroatoms. The minimum absolute atomic E-state index is 0.0804. The number of hydrogen-bond donors (Lipinski definition) is 2. The molecule has 5 aromatic rings. The molecule has 2 N–H and O–H groups in total. The minimum atomic E-state index is 0.0804. The summed E-state index contributed by atoms with van der Waals surface area (Å²) in [5.74, 6) is 0.957. The summed E-state index contributed by atoms with van der Waals surface area (Å²) in [6.45, 7) is 6.47. The van der Waals surface area contributed by atoms with E-state index in [4.69, 9.17) is 4.74 Å². The molecule has 0 unspecified atom stereocenters. The topological polar surface area (TPSA) is 73.2 Å². The third-order valence-electron chi connectivity index (χ3n) is 8.33. The van der Waals surface area contributed by atoms with Crippen molar-refractivity contribution >= 4 is 22.2 Å². The summed E-state index contributed by atoms with van der Waals surface area (Å²) in [5, 5.41) is 24.3. The number of Topliss-reactive ketones (excluding diaryl/α,β-unsaturated/α-hetero) is 1. The van der Waals surface area contributed by atoms with Crippen LogP contribution in [-0.4, -0.2) is 60.2 Å². The Balaban J connectivity index is 1.15. The summed E-state index contributed by atoms with van der Waals surface area (Å²) < 4.78 is 6.19. The van der Waals surface area contributed by atoms with Crippen LogP contribution in [-0.2, 0) is 6.42 Å². The lowest BCUT2D eigenvalue weighted by molar-refractivity contribution is 0.101. The highest BCUT2D eigenvalue weighted by Gasteiger charge is 2.19. The van der Waals surface area contributed by atoms with Crippen LogP contribution < -0.4 is 9.64 Å². The molecule has 0 spiro atoms. The molecule has 218 valence electrons. The number of fused-ring (bicyclic) bond motifs is 1. The number of hydrogen-bond acceptors (Lipinski definition) is 6. The van der Waals surface area contributed by atoms with E-state index in [1.54, 1.807) is 25.1 Å². The van der Waals surface area contributed by atoms with Crippen LogP contribution in [0.3, 0.4) is 0 Å². The predicted molar refractivity (Wildman–Crippen MR) is 173 cm³/mol. The number of phenolic OH excluding ortho intramolecular Hbond substituents is 2. The molecule has 1 aliphatic rings. The molecule has 1 aliphatic heterocycles. The van der Waals surface area contributed by atoms with Gasteiger partial charge in [-0.2, -0.15) is 0 Å². The Morgan fingerprint density at radius 1 is 0.767 bits per heavy atom. The lowest BCUT2D eigenvalue weighted by Gasteiger charge is -2.36. The largest absolute Gasteiger partial charge is 0.507 e. The number of benzene rings is 5. The summed E-state index contributed by atoms with van der Waals surface area (Å²) in [7, 11) is 0. The molecule has 0 amide bonds. The number of nitrogens with zero attached hydrogens (tertiary/aromatic N) is 2. The van der Waals surface area contributed by atoms with Gasteiger partial charge in [0.2, 0.25) is 0 Å². The first-order valence-corrected chi connectivity index (χ1v) is 14.8. The Bertz CT molecular complexity index is 1740. The number of phenols is 2. The van der Waals surface area contributed by atoms with E-state index in [0.717, 1.165) is 71.4 Å². The normalized spacial score (nSPS) is 13.7. The summed E-state index contributed by atoms with van der Waals surface area (Å²) in [6.07, 6.45) is 0.513. The van der Waals surface area contributed by atoms with Crippen molar-refractivity contribution in [3.05, 3.63) is 120 Å². The summed E-state index contributed by atoms with van der Waals surface area (Å²) in [5.41, 5.74) is 5.14. The minimum Gasteiger partial charge on any atom is -0.507 e. The molecule has 43 heavy (non-hydrogen) atoms. The van der Waals surface area contributed by atoms with Gasteiger partial charge < -0.3 is 19.8 Å². The molecule has 0 radical (unpaired) electrons. The van der Waals surface area contributed by atoms with E-state index in [-0.39, 0.29) is 17.3 Å². The van der Waals surface area contributed by atoms with Gasteiger partial charge in [-0.15, -0.1) is 0 Å². The lowest BCUT2D eigenvalue weighted by Crippen LogP contribution is -2.47. The SMILES string of the molecule is CC(=O)c1ccc(N2CCN(CCOc3cc(O)c(Cc4cccc5ccccc45)c(-c4ccccc4O)c3)CC2)cc1. The van der Waals surface area contributed by atoms with Crippen LogP contribution in [0.15, 0.2) is 103 Å². The van der Waals surface area contributed by atoms with Crippen LogP contribution in [0.4, 0.5) is 5.69 Å². The molecule has 0 atom stereocenters. The second kappa shape index (κ2) is 12.6. The van der Waals surface area contributed by atoms with Crippen LogP contribution in [0.25, 0.3) is 21.9 Å². The highest BCUT2D eigenvalue weighted by molar-refractivity contribution is 5.94. The zero-order valence-electron chi connectivity index (χ0n) is 24.4. The predicted octanol–water partition coefficient (Wildman–Crippen LogP) is 6.91. The average Bonchev–Trinajstić information content (AvgIpc) is 3.03. The maximum absolute atomic E-state index is 11.6. The molecule has 1 fully saturated rings. The number of rotatable bonds is 9. The molecular weight excluding hydrogens is 536 g/mol. The summed E-state index contributed by atoms with van der Waals surface area (Å²) in [6, 6.07) is 33.1. The highest BCUT2D eigenvalue weighted by Crippen LogP contribution is 2.40. The average molecular weight is 573 g/mol. The standard InChI is InChI=1S/C37H36N2O4/c1-26(40)27-13-15-30(16-14-27)39-19-17-38(18-20-39)21-22-43-31-24-34(33-11-4-5-12-36(33)41)35(37(42)25-31)23-29-9-6-8-28-7-2-3-10-32(28)29/h2-16,24-25,41-42H,17-23H2,1H3. The number of aromatic hydroxyl groups is 2. The zero-order valence-corrected chi connectivity index (χ0v) is 24.4. The number of ether oxygens (including phenoxy) is 1. The van der Waals surface area contributed by atoms with Gasteiger partial charge in [-0.25, -0.2) is 0 Å².